The Hall–Kier alpha value is -1.89. The third-order valence-electron chi connectivity index (χ3n) is 4.04. The summed E-state index contributed by atoms with van der Waals surface area (Å²) in [6.45, 7) is 0.271. The third kappa shape index (κ3) is 4.54. The number of carbonyl (C=O) groups excluding carboxylic acids is 1. The van der Waals surface area contributed by atoms with Gasteiger partial charge in [0.05, 0.1) is 10.1 Å². The van der Waals surface area contributed by atoms with E-state index in [9.17, 15) is 18.0 Å². The normalized spacial score (nSPS) is 15.5. The molecule has 0 unspecified atom stereocenters. The molecule has 2 rings (SSSR count). The number of amides is 1. The van der Waals surface area contributed by atoms with E-state index in [1.165, 1.54) is 24.3 Å². The Balaban J connectivity index is 1.96. The molecular formula is C16H21NO5S. The predicted octanol–water partition coefficient (Wildman–Crippen LogP) is 2.00. The first kappa shape index (κ1) is 17.5. The first-order valence-corrected chi connectivity index (χ1v) is 9.30. The number of benzene rings is 1. The molecule has 6 nitrogen and oxygen atoms in total. The Morgan fingerprint density at radius 3 is 2.30 bits per heavy atom. The zero-order chi connectivity index (χ0) is 16.9. The van der Waals surface area contributed by atoms with Crippen LogP contribution >= 0.6 is 0 Å². The first-order chi connectivity index (χ1) is 10.9. The standard InChI is InChI=1S/C16H21NO5S/c18-15(19)6-3-11-17-16(20)12-7-9-14(10-8-12)23(21,22)13-4-1-2-5-13/h7-10,13H,1-6,11H2,(H,17,20)(H,18,19). The second kappa shape index (κ2) is 7.59. The molecule has 1 saturated carbocycles. The monoisotopic (exact) mass is 339 g/mol. The van der Waals surface area contributed by atoms with Gasteiger partial charge in [-0.15, -0.1) is 0 Å². The van der Waals surface area contributed by atoms with Crippen molar-refractivity contribution in [2.24, 2.45) is 0 Å². The van der Waals surface area contributed by atoms with E-state index in [4.69, 9.17) is 5.11 Å². The summed E-state index contributed by atoms with van der Waals surface area (Å²) in [4.78, 5) is 22.5. The van der Waals surface area contributed by atoms with Crippen LogP contribution in [0.2, 0.25) is 0 Å². The second-order valence-electron chi connectivity index (χ2n) is 5.73. The summed E-state index contributed by atoms with van der Waals surface area (Å²) in [7, 11) is -3.31. The van der Waals surface area contributed by atoms with Gasteiger partial charge in [-0.1, -0.05) is 12.8 Å². The van der Waals surface area contributed by atoms with Crippen molar-refractivity contribution in [2.45, 2.75) is 48.7 Å². The minimum absolute atomic E-state index is 0.00114. The molecule has 1 aliphatic carbocycles. The smallest absolute Gasteiger partial charge is 0.303 e. The Morgan fingerprint density at radius 1 is 1.13 bits per heavy atom. The average Bonchev–Trinajstić information content (AvgIpc) is 3.06. The third-order valence-corrected chi connectivity index (χ3v) is 6.32. The summed E-state index contributed by atoms with van der Waals surface area (Å²) in [5, 5.41) is 10.8. The highest BCUT2D eigenvalue weighted by molar-refractivity contribution is 7.92. The summed E-state index contributed by atoms with van der Waals surface area (Å²) in [6.07, 6.45) is 3.65. The fraction of sp³-hybridized carbons (Fsp3) is 0.500. The van der Waals surface area contributed by atoms with Gasteiger partial charge in [-0.05, 0) is 43.5 Å². The molecule has 0 spiro atoms. The highest BCUT2D eigenvalue weighted by Crippen LogP contribution is 2.29. The van der Waals surface area contributed by atoms with Crippen molar-refractivity contribution in [1.82, 2.24) is 5.32 Å². The number of carbonyl (C=O) groups is 2. The highest BCUT2D eigenvalue weighted by atomic mass is 32.2. The minimum atomic E-state index is -3.31. The largest absolute Gasteiger partial charge is 0.481 e. The van der Waals surface area contributed by atoms with Crippen LogP contribution in [0.15, 0.2) is 29.2 Å². The van der Waals surface area contributed by atoms with E-state index in [2.05, 4.69) is 5.32 Å². The number of hydrogen-bond acceptors (Lipinski definition) is 4. The van der Waals surface area contributed by atoms with E-state index in [0.29, 0.717) is 24.8 Å². The molecule has 1 aromatic carbocycles. The number of nitrogens with one attached hydrogen (secondary N) is 1. The fourth-order valence-corrected chi connectivity index (χ4v) is 4.58. The number of carboxylic acid groups (broad SMARTS) is 1. The maximum Gasteiger partial charge on any atom is 0.303 e. The van der Waals surface area contributed by atoms with Crippen LogP contribution in [-0.2, 0) is 14.6 Å². The van der Waals surface area contributed by atoms with Gasteiger partial charge < -0.3 is 10.4 Å². The van der Waals surface area contributed by atoms with Crippen molar-refractivity contribution in [3.8, 4) is 0 Å². The van der Waals surface area contributed by atoms with E-state index in [-0.39, 0.29) is 29.0 Å². The van der Waals surface area contributed by atoms with E-state index in [1.807, 2.05) is 0 Å². The van der Waals surface area contributed by atoms with Crippen LogP contribution in [-0.4, -0.2) is 37.2 Å². The number of sulfone groups is 1. The second-order valence-corrected chi connectivity index (χ2v) is 7.96. The van der Waals surface area contributed by atoms with Crippen LogP contribution in [0.25, 0.3) is 0 Å². The van der Waals surface area contributed by atoms with Gasteiger partial charge in [0.2, 0.25) is 0 Å². The summed E-state index contributed by atoms with van der Waals surface area (Å²) in [5.74, 6) is -1.24. The van der Waals surface area contributed by atoms with Crippen LogP contribution in [0, 0.1) is 0 Å². The van der Waals surface area contributed by atoms with Crippen molar-refractivity contribution in [3.05, 3.63) is 29.8 Å². The lowest BCUT2D eigenvalue weighted by molar-refractivity contribution is -0.137. The Morgan fingerprint density at radius 2 is 1.74 bits per heavy atom. The van der Waals surface area contributed by atoms with Gasteiger partial charge in [0, 0.05) is 18.5 Å². The van der Waals surface area contributed by atoms with Crippen molar-refractivity contribution in [3.63, 3.8) is 0 Å². The lowest BCUT2D eigenvalue weighted by Gasteiger charge is -2.11. The number of hydrogen-bond donors (Lipinski definition) is 2. The van der Waals surface area contributed by atoms with Gasteiger partial charge in [0.1, 0.15) is 0 Å². The number of carboxylic acids is 1. The molecule has 1 aromatic rings. The lowest BCUT2D eigenvalue weighted by atomic mass is 10.2. The molecule has 7 heteroatoms. The van der Waals surface area contributed by atoms with Gasteiger partial charge in [-0.25, -0.2) is 8.42 Å². The van der Waals surface area contributed by atoms with Crippen molar-refractivity contribution >= 4 is 21.7 Å². The van der Waals surface area contributed by atoms with Crippen molar-refractivity contribution in [1.29, 1.82) is 0 Å². The van der Waals surface area contributed by atoms with Gasteiger partial charge in [0.15, 0.2) is 9.84 Å². The van der Waals surface area contributed by atoms with Crippen LogP contribution in [0.4, 0.5) is 0 Å². The summed E-state index contributed by atoms with van der Waals surface area (Å²) < 4.78 is 24.9. The molecule has 1 fully saturated rings. The Bertz CT molecular complexity index is 660. The molecule has 0 heterocycles. The molecule has 0 bridgehead atoms. The quantitative estimate of drug-likeness (QED) is 0.740. The zero-order valence-corrected chi connectivity index (χ0v) is 13.6. The molecule has 0 atom stereocenters. The van der Waals surface area contributed by atoms with E-state index in [0.717, 1.165) is 12.8 Å². The summed E-state index contributed by atoms with van der Waals surface area (Å²) in [6, 6.07) is 5.93. The number of rotatable bonds is 7. The SMILES string of the molecule is O=C(O)CCCNC(=O)c1ccc(S(=O)(=O)C2CCCC2)cc1. The van der Waals surface area contributed by atoms with Gasteiger partial charge in [0.25, 0.3) is 5.91 Å². The van der Waals surface area contributed by atoms with Crippen molar-refractivity contribution in [2.75, 3.05) is 6.54 Å². The predicted molar refractivity (Wildman–Crippen MR) is 85.1 cm³/mol. The minimum Gasteiger partial charge on any atom is -0.481 e. The van der Waals surface area contributed by atoms with Crippen LogP contribution in [0.1, 0.15) is 48.9 Å². The van der Waals surface area contributed by atoms with E-state index >= 15 is 0 Å². The van der Waals surface area contributed by atoms with Crippen LogP contribution in [0.3, 0.4) is 0 Å². The van der Waals surface area contributed by atoms with Crippen LogP contribution in [0.5, 0.6) is 0 Å². The molecule has 0 radical (unpaired) electrons. The van der Waals surface area contributed by atoms with Gasteiger partial charge in [-0.2, -0.15) is 0 Å². The molecule has 23 heavy (non-hydrogen) atoms. The van der Waals surface area contributed by atoms with Gasteiger partial charge >= 0.3 is 5.97 Å². The molecule has 0 saturated heterocycles. The lowest BCUT2D eigenvalue weighted by Crippen LogP contribution is -2.25. The van der Waals surface area contributed by atoms with Crippen LogP contribution < -0.4 is 5.32 Å². The number of aliphatic carboxylic acids is 1. The van der Waals surface area contributed by atoms with E-state index in [1.54, 1.807) is 0 Å². The molecule has 2 N–H and O–H groups in total. The molecule has 1 aliphatic rings. The topological polar surface area (TPSA) is 101 Å². The highest BCUT2D eigenvalue weighted by Gasteiger charge is 2.30. The molecule has 0 aromatic heterocycles. The molecule has 0 aliphatic heterocycles. The maximum absolute atomic E-state index is 12.4. The summed E-state index contributed by atoms with van der Waals surface area (Å²) >= 11 is 0. The first-order valence-electron chi connectivity index (χ1n) is 7.75. The van der Waals surface area contributed by atoms with Crippen molar-refractivity contribution < 1.29 is 23.1 Å². The zero-order valence-electron chi connectivity index (χ0n) is 12.8. The van der Waals surface area contributed by atoms with Gasteiger partial charge in [-0.3, -0.25) is 9.59 Å². The maximum atomic E-state index is 12.4. The molecular weight excluding hydrogens is 318 g/mol. The fourth-order valence-electron chi connectivity index (χ4n) is 2.73. The average molecular weight is 339 g/mol. The molecule has 126 valence electrons. The Kier molecular flexibility index (Phi) is 5.76. The Labute approximate surface area is 135 Å². The summed E-state index contributed by atoms with van der Waals surface area (Å²) in [5.41, 5.74) is 0.366. The van der Waals surface area contributed by atoms with E-state index < -0.39 is 15.8 Å². The molecule has 1 amide bonds.